The fraction of sp³-hybridized carbons (Fsp3) is 0.263. The van der Waals surface area contributed by atoms with Gasteiger partial charge in [-0.15, -0.1) is 11.8 Å². The molecule has 1 aromatic heterocycles. The third kappa shape index (κ3) is 4.11. The van der Waals surface area contributed by atoms with Crippen LogP contribution in [0, 0.1) is 0 Å². The van der Waals surface area contributed by atoms with E-state index in [1.165, 1.54) is 0 Å². The molecule has 0 spiro atoms. The van der Waals surface area contributed by atoms with Gasteiger partial charge in [0, 0.05) is 17.9 Å². The SMILES string of the molecule is CCN1C(=O)/C(=C\c2ccc(OC)c(CSCc3ccco3)c2)NC1=S. The molecule has 2 aromatic rings. The van der Waals surface area contributed by atoms with Gasteiger partial charge in [-0.1, -0.05) is 6.07 Å². The summed E-state index contributed by atoms with van der Waals surface area (Å²) < 4.78 is 10.8. The van der Waals surface area contributed by atoms with Gasteiger partial charge in [0.2, 0.25) is 0 Å². The number of ether oxygens (including phenoxy) is 1. The lowest BCUT2D eigenvalue weighted by Gasteiger charge is -2.10. The van der Waals surface area contributed by atoms with Crippen LogP contribution >= 0.6 is 24.0 Å². The fourth-order valence-corrected chi connectivity index (χ4v) is 3.92. The van der Waals surface area contributed by atoms with E-state index in [4.69, 9.17) is 21.4 Å². The predicted octanol–water partition coefficient (Wildman–Crippen LogP) is 3.80. The maximum Gasteiger partial charge on any atom is 0.276 e. The second-order valence-corrected chi connectivity index (χ2v) is 7.05. The zero-order chi connectivity index (χ0) is 18.5. The fourth-order valence-electron chi connectivity index (χ4n) is 2.68. The first kappa shape index (κ1) is 18.5. The van der Waals surface area contributed by atoms with Crippen molar-refractivity contribution in [2.45, 2.75) is 18.4 Å². The smallest absolute Gasteiger partial charge is 0.276 e. The van der Waals surface area contributed by atoms with Crippen molar-refractivity contribution < 1.29 is 13.9 Å². The molecule has 5 nitrogen and oxygen atoms in total. The molecule has 26 heavy (non-hydrogen) atoms. The number of amides is 1. The molecule has 136 valence electrons. The Morgan fingerprint density at radius 1 is 1.35 bits per heavy atom. The summed E-state index contributed by atoms with van der Waals surface area (Å²) in [7, 11) is 1.66. The summed E-state index contributed by atoms with van der Waals surface area (Å²) in [5, 5.41) is 3.43. The first-order valence-electron chi connectivity index (χ1n) is 8.24. The Morgan fingerprint density at radius 3 is 2.85 bits per heavy atom. The van der Waals surface area contributed by atoms with E-state index in [9.17, 15) is 4.79 Å². The van der Waals surface area contributed by atoms with Gasteiger partial charge in [0.25, 0.3) is 5.91 Å². The topological polar surface area (TPSA) is 54.7 Å². The molecule has 1 saturated heterocycles. The number of thioether (sulfide) groups is 1. The van der Waals surface area contributed by atoms with Crippen LogP contribution in [0.1, 0.15) is 23.8 Å². The Hall–Kier alpha value is -2.25. The Bertz CT molecular complexity index is 831. The number of carbonyl (C=O) groups is 1. The van der Waals surface area contributed by atoms with Crippen LogP contribution in [0.3, 0.4) is 0 Å². The number of rotatable bonds is 7. The summed E-state index contributed by atoms with van der Waals surface area (Å²) in [6.07, 6.45) is 3.50. The summed E-state index contributed by atoms with van der Waals surface area (Å²) in [5.74, 6) is 3.25. The standard InChI is InChI=1S/C19H20N2O3S2/c1-3-21-18(22)16(20-19(21)25)10-13-6-7-17(23-2)14(9-13)11-26-12-15-5-4-8-24-15/h4-10H,3,11-12H2,1-2H3,(H,20,25)/b16-10+. The molecular formula is C19H20N2O3S2. The number of carbonyl (C=O) groups excluding carboxylic acids is 1. The van der Waals surface area contributed by atoms with Gasteiger partial charge >= 0.3 is 0 Å². The van der Waals surface area contributed by atoms with E-state index in [-0.39, 0.29) is 5.91 Å². The Labute approximate surface area is 162 Å². The zero-order valence-electron chi connectivity index (χ0n) is 14.7. The summed E-state index contributed by atoms with van der Waals surface area (Å²) in [5.41, 5.74) is 2.49. The van der Waals surface area contributed by atoms with Crippen molar-refractivity contribution in [1.29, 1.82) is 0 Å². The van der Waals surface area contributed by atoms with Crippen molar-refractivity contribution in [3.63, 3.8) is 0 Å². The van der Waals surface area contributed by atoms with E-state index >= 15 is 0 Å². The lowest BCUT2D eigenvalue weighted by Crippen LogP contribution is -2.30. The van der Waals surface area contributed by atoms with Gasteiger partial charge in [0.15, 0.2) is 5.11 Å². The van der Waals surface area contributed by atoms with E-state index in [1.54, 1.807) is 30.0 Å². The molecule has 0 saturated carbocycles. The van der Waals surface area contributed by atoms with Crippen LogP contribution in [0.15, 0.2) is 46.7 Å². The monoisotopic (exact) mass is 388 g/mol. The average molecular weight is 389 g/mol. The maximum absolute atomic E-state index is 12.3. The number of methoxy groups -OCH3 is 1. The number of likely N-dealkylation sites (N-methyl/N-ethyl adjacent to an activating group) is 1. The molecule has 0 radical (unpaired) electrons. The third-order valence-electron chi connectivity index (χ3n) is 3.98. The van der Waals surface area contributed by atoms with Gasteiger partial charge in [-0.3, -0.25) is 9.69 Å². The van der Waals surface area contributed by atoms with Crippen LogP contribution in [-0.4, -0.2) is 29.6 Å². The summed E-state index contributed by atoms with van der Waals surface area (Å²) >= 11 is 6.94. The van der Waals surface area contributed by atoms with Crippen LogP contribution in [-0.2, 0) is 16.3 Å². The lowest BCUT2D eigenvalue weighted by atomic mass is 10.1. The average Bonchev–Trinajstić information content (AvgIpc) is 3.24. The number of nitrogens with one attached hydrogen (secondary N) is 1. The number of thiocarbonyl (C=S) groups is 1. The molecule has 7 heteroatoms. The van der Waals surface area contributed by atoms with Gasteiger partial charge in [-0.2, -0.15) is 0 Å². The number of furan rings is 1. The molecule has 0 atom stereocenters. The highest BCUT2D eigenvalue weighted by Crippen LogP contribution is 2.27. The molecule has 1 aliphatic heterocycles. The highest BCUT2D eigenvalue weighted by Gasteiger charge is 2.28. The molecule has 1 fully saturated rings. The molecule has 0 unspecified atom stereocenters. The number of hydrogen-bond donors (Lipinski definition) is 1. The van der Waals surface area contributed by atoms with Crippen LogP contribution in [0.5, 0.6) is 5.75 Å². The highest BCUT2D eigenvalue weighted by molar-refractivity contribution is 7.97. The lowest BCUT2D eigenvalue weighted by molar-refractivity contribution is -0.122. The second-order valence-electron chi connectivity index (χ2n) is 5.68. The molecular weight excluding hydrogens is 368 g/mol. The van der Waals surface area contributed by atoms with Gasteiger partial charge in [0.1, 0.15) is 17.2 Å². The van der Waals surface area contributed by atoms with Crippen molar-refractivity contribution in [3.8, 4) is 5.75 Å². The largest absolute Gasteiger partial charge is 0.496 e. The van der Waals surface area contributed by atoms with Crippen LogP contribution in [0.4, 0.5) is 0 Å². The zero-order valence-corrected chi connectivity index (χ0v) is 16.3. The van der Waals surface area contributed by atoms with Gasteiger partial charge < -0.3 is 14.5 Å². The number of nitrogens with zero attached hydrogens (tertiary/aromatic N) is 1. The van der Waals surface area contributed by atoms with E-state index in [2.05, 4.69) is 5.32 Å². The Balaban J connectivity index is 1.75. The molecule has 1 amide bonds. The molecule has 0 aliphatic carbocycles. The molecule has 1 aromatic carbocycles. The van der Waals surface area contributed by atoms with Crippen LogP contribution < -0.4 is 10.1 Å². The summed E-state index contributed by atoms with van der Waals surface area (Å²) in [6, 6.07) is 9.74. The predicted molar refractivity (Wildman–Crippen MR) is 108 cm³/mol. The minimum Gasteiger partial charge on any atom is -0.496 e. The minimum absolute atomic E-state index is 0.0953. The molecule has 3 rings (SSSR count). The van der Waals surface area contributed by atoms with Crippen molar-refractivity contribution >= 4 is 41.1 Å². The molecule has 2 heterocycles. The van der Waals surface area contributed by atoms with Crippen LogP contribution in [0.2, 0.25) is 0 Å². The summed E-state index contributed by atoms with van der Waals surface area (Å²) in [4.78, 5) is 13.9. The minimum atomic E-state index is -0.0953. The van der Waals surface area contributed by atoms with Gasteiger partial charge in [0.05, 0.1) is 19.1 Å². The van der Waals surface area contributed by atoms with Crippen molar-refractivity contribution in [1.82, 2.24) is 10.2 Å². The maximum atomic E-state index is 12.3. The van der Waals surface area contributed by atoms with Gasteiger partial charge in [-0.05, 0) is 55.0 Å². The molecule has 0 bridgehead atoms. The van der Waals surface area contributed by atoms with Crippen molar-refractivity contribution in [2.24, 2.45) is 0 Å². The van der Waals surface area contributed by atoms with E-state index in [1.807, 2.05) is 43.3 Å². The van der Waals surface area contributed by atoms with Crippen LogP contribution in [0.25, 0.3) is 6.08 Å². The number of hydrogen-bond acceptors (Lipinski definition) is 5. The summed E-state index contributed by atoms with van der Waals surface area (Å²) in [6.45, 7) is 2.45. The van der Waals surface area contributed by atoms with Gasteiger partial charge in [-0.25, -0.2) is 0 Å². The van der Waals surface area contributed by atoms with E-state index < -0.39 is 0 Å². The van der Waals surface area contributed by atoms with Crippen molar-refractivity contribution in [2.75, 3.05) is 13.7 Å². The Kier molecular flexibility index (Phi) is 6.00. The normalized spacial score (nSPS) is 15.6. The first-order chi connectivity index (χ1) is 12.6. The second kappa shape index (κ2) is 8.42. The molecule has 1 aliphatic rings. The first-order valence-corrected chi connectivity index (χ1v) is 9.80. The number of benzene rings is 1. The third-order valence-corrected chi connectivity index (χ3v) is 5.30. The Morgan fingerprint density at radius 2 is 2.19 bits per heavy atom. The van der Waals surface area contributed by atoms with Crippen molar-refractivity contribution in [3.05, 3.63) is 59.2 Å². The highest BCUT2D eigenvalue weighted by atomic mass is 32.2. The quantitative estimate of drug-likeness (QED) is 0.575. The molecule has 1 N–H and O–H groups in total. The van der Waals surface area contributed by atoms with E-state index in [0.717, 1.165) is 34.1 Å². The van der Waals surface area contributed by atoms with E-state index in [0.29, 0.717) is 17.4 Å².